The minimum atomic E-state index is -3.26. The Kier molecular flexibility index (Phi) is 7.31. The molecule has 0 aromatic heterocycles. The summed E-state index contributed by atoms with van der Waals surface area (Å²) in [6.45, 7) is 1.60. The van der Waals surface area contributed by atoms with Gasteiger partial charge in [0, 0.05) is 12.8 Å². The number of halogens is 1. The average molecular weight is 364 g/mol. The lowest BCUT2D eigenvalue weighted by Crippen LogP contribution is -2.46. The molecule has 0 aliphatic carbocycles. The maximum atomic E-state index is 11.5. The number of hydrogen-bond donors (Lipinski definition) is 1. The van der Waals surface area contributed by atoms with Crippen molar-refractivity contribution in [1.82, 2.24) is 4.90 Å². The Bertz CT molecular complexity index is 635. The summed E-state index contributed by atoms with van der Waals surface area (Å²) in [6, 6.07) is 5.89. The van der Waals surface area contributed by atoms with Crippen LogP contribution in [-0.2, 0) is 14.6 Å². The minimum Gasteiger partial charge on any atom is -0.492 e. The van der Waals surface area contributed by atoms with Crippen LogP contribution in [0.15, 0.2) is 29.2 Å². The normalized spacial score (nSPS) is 18.9. The topological polar surface area (TPSA) is 83.9 Å². The second kappa shape index (κ2) is 8.52. The van der Waals surface area contributed by atoms with Gasteiger partial charge in [0.1, 0.15) is 18.4 Å². The quantitative estimate of drug-likeness (QED) is 0.830. The molecule has 0 saturated carbocycles. The van der Waals surface area contributed by atoms with Crippen LogP contribution in [0.2, 0.25) is 0 Å². The van der Waals surface area contributed by atoms with Crippen LogP contribution in [-0.4, -0.2) is 56.4 Å². The van der Waals surface area contributed by atoms with E-state index < -0.39 is 21.8 Å². The summed E-state index contributed by atoms with van der Waals surface area (Å²) in [5, 5.41) is 9.20. The van der Waals surface area contributed by atoms with E-state index in [1.54, 1.807) is 12.1 Å². The van der Waals surface area contributed by atoms with Crippen LogP contribution in [0.1, 0.15) is 19.3 Å². The third kappa shape index (κ3) is 5.67. The maximum Gasteiger partial charge on any atom is 0.320 e. The number of carbonyl (C=O) groups is 1. The lowest BCUT2D eigenvalue weighted by atomic mass is 10.0. The molecule has 0 amide bonds. The predicted octanol–water partition coefficient (Wildman–Crippen LogP) is 1.83. The first-order chi connectivity index (χ1) is 10.4. The van der Waals surface area contributed by atoms with Gasteiger partial charge in [-0.3, -0.25) is 9.69 Å². The van der Waals surface area contributed by atoms with Gasteiger partial charge in [-0.25, -0.2) is 8.42 Å². The van der Waals surface area contributed by atoms with Crippen LogP contribution in [0.25, 0.3) is 0 Å². The second-order valence-corrected chi connectivity index (χ2v) is 7.50. The molecule has 1 unspecified atom stereocenters. The monoisotopic (exact) mass is 363 g/mol. The van der Waals surface area contributed by atoms with Crippen LogP contribution in [0.4, 0.5) is 0 Å². The largest absolute Gasteiger partial charge is 0.492 e. The Hall–Kier alpha value is -1.31. The van der Waals surface area contributed by atoms with Gasteiger partial charge in [0.2, 0.25) is 0 Å². The molecular weight excluding hydrogens is 342 g/mol. The fourth-order valence-electron chi connectivity index (χ4n) is 2.61. The number of aliphatic carboxylic acids is 1. The second-order valence-electron chi connectivity index (χ2n) is 5.48. The maximum absolute atomic E-state index is 11.5. The fraction of sp³-hybridized carbons (Fsp3) is 0.533. The van der Waals surface area contributed by atoms with Crippen molar-refractivity contribution in [3.63, 3.8) is 0 Å². The standard InChI is InChI=1S/C15H21NO5S.ClH/c1-22(19,20)13-6-4-5-12(11-13)21-10-9-16-8-3-2-7-14(16)15(17)18;/h4-6,11,14H,2-3,7-10H2,1H3,(H,17,18);1H. The van der Waals surface area contributed by atoms with Gasteiger partial charge in [-0.05, 0) is 37.6 Å². The summed E-state index contributed by atoms with van der Waals surface area (Å²) in [6.07, 6.45) is 3.74. The van der Waals surface area contributed by atoms with E-state index in [-0.39, 0.29) is 17.3 Å². The van der Waals surface area contributed by atoms with Crippen molar-refractivity contribution in [3.05, 3.63) is 24.3 Å². The number of nitrogens with zero attached hydrogens (tertiary/aromatic N) is 1. The van der Waals surface area contributed by atoms with E-state index in [0.29, 0.717) is 25.3 Å². The van der Waals surface area contributed by atoms with Crippen molar-refractivity contribution < 1.29 is 23.1 Å². The summed E-state index contributed by atoms with van der Waals surface area (Å²) in [5.41, 5.74) is 0. The van der Waals surface area contributed by atoms with E-state index in [4.69, 9.17) is 4.74 Å². The fourth-order valence-corrected chi connectivity index (χ4v) is 3.27. The highest BCUT2D eigenvalue weighted by Gasteiger charge is 2.27. The lowest BCUT2D eigenvalue weighted by molar-refractivity contribution is -0.144. The first-order valence-electron chi connectivity index (χ1n) is 7.28. The molecule has 0 radical (unpaired) electrons. The molecule has 1 aliphatic heterocycles. The highest BCUT2D eigenvalue weighted by atomic mass is 35.5. The summed E-state index contributed by atoms with van der Waals surface area (Å²) in [4.78, 5) is 13.3. The molecule has 1 saturated heterocycles. The molecule has 1 N–H and O–H groups in total. The molecule has 130 valence electrons. The summed E-state index contributed by atoms with van der Waals surface area (Å²) in [7, 11) is -3.26. The Balaban J connectivity index is 0.00000264. The minimum absolute atomic E-state index is 0. The third-order valence-electron chi connectivity index (χ3n) is 3.78. The van der Waals surface area contributed by atoms with Crippen molar-refractivity contribution in [1.29, 1.82) is 0 Å². The number of sulfone groups is 1. The number of benzene rings is 1. The Labute approximate surface area is 142 Å². The summed E-state index contributed by atoms with van der Waals surface area (Å²) >= 11 is 0. The smallest absolute Gasteiger partial charge is 0.320 e. The van der Waals surface area contributed by atoms with Crippen molar-refractivity contribution in [2.24, 2.45) is 0 Å². The van der Waals surface area contributed by atoms with E-state index >= 15 is 0 Å². The molecule has 1 fully saturated rings. The van der Waals surface area contributed by atoms with Crippen LogP contribution in [0.5, 0.6) is 5.75 Å². The molecule has 8 heteroatoms. The zero-order valence-corrected chi connectivity index (χ0v) is 14.6. The van der Waals surface area contributed by atoms with E-state index in [1.807, 2.05) is 4.90 Å². The highest BCUT2D eigenvalue weighted by molar-refractivity contribution is 7.90. The first-order valence-corrected chi connectivity index (χ1v) is 9.17. The molecular formula is C15H22ClNO5S. The Morgan fingerprint density at radius 3 is 2.78 bits per heavy atom. The molecule has 1 heterocycles. The molecule has 1 aliphatic rings. The average Bonchev–Trinajstić information content (AvgIpc) is 2.47. The SMILES string of the molecule is CS(=O)(=O)c1cccc(OCCN2CCCCC2C(=O)O)c1.Cl. The number of carboxylic acid groups (broad SMARTS) is 1. The van der Waals surface area contributed by atoms with Crippen LogP contribution >= 0.6 is 12.4 Å². The number of piperidine rings is 1. The third-order valence-corrected chi connectivity index (χ3v) is 4.89. The van der Waals surface area contributed by atoms with E-state index in [9.17, 15) is 18.3 Å². The van der Waals surface area contributed by atoms with Crippen molar-refractivity contribution >= 4 is 28.2 Å². The van der Waals surface area contributed by atoms with Crippen molar-refractivity contribution in [2.45, 2.75) is 30.2 Å². The van der Waals surface area contributed by atoms with Gasteiger partial charge in [0.05, 0.1) is 4.90 Å². The molecule has 0 bridgehead atoms. The van der Waals surface area contributed by atoms with Crippen LogP contribution < -0.4 is 4.74 Å². The van der Waals surface area contributed by atoms with Gasteiger partial charge in [0.15, 0.2) is 9.84 Å². The zero-order valence-electron chi connectivity index (χ0n) is 13.0. The molecule has 2 rings (SSSR count). The molecule has 6 nitrogen and oxygen atoms in total. The molecule has 1 aromatic rings. The number of likely N-dealkylation sites (tertiary alicyclic amines) is 1. The van der Waals surface area contributed by atoms with Gasteiger partial charge in [0.25, 0.3) is 0 Å². The molecule has 1 atom stereocenters. The number of ether oxygens (including phenoxy) is 1. The Morgan fingerprint density at radius 2 is 2.13 bits per heavy atom. The van der Waals surface area contributed by atoms with Gasteiger partial charge < -0.3 is 9.84 Å². The van der Waals surface area contributed by atoms with Crippen LogP contribution in [0.3, 0.4) is 0 Å². The molecule has 0 spiro atoms. The van der Waals surface area contributed by atoms with Gasteiger partial charge in [-0.1, -0.05) is 12.5 Å². The lowest BCUT2D eigenvalue weighted by Gasteiger charge is -2.32. The van der Waals surface area contributed by atoms with Gasteiger partial charge >= 0.3 is 5.97 Å². The van der Waals surface area contributed by atoms with Gasteiger partial charge in [-0.2, -0.15) is 0 Å². The van der Waals surface area contributed by atoms with E-state index in [2.05, 4.69) is 0 Å². The Morgan fingerprint density at radius 1 is 1.39 bits per heavy atom. The van der Waals surface area contributed by atoms with Crippen molar-refractivity contribution in [2.75, 3.05) is 26.0 Å². The number of hydrogen-bond acceptors (Lipinski definition) is 5. The van der Waals surface area contributed by atoms with Gasteiger partial charge in [-0.15, -0.1) is 12.4 Å². The number of carboxylic acids is 1. The number of rotatable bonds is 6. The van der Waals surface area contributed by atoms with Crippen LogP contribution in [0, 0.1) is 0 Å². The summed E-state index contributed by atoms with van der Waals surface area (Å²) in [5.74, 6) is -0.314. The van der Waals surface area contributed by atoms with E-state index in [1.165, 1.54) is 12.1 Å². The molecule has 1 aromatic carbocycles. The molecule has 23 heavy (non-hydrogen) atoms. The van der Waals surface area contributed by atoms with E-state index in [0.717, 1.165) is 25.6 Å². The summed E-state index contributed by atoms with van der Waals surface area (Å²) < 4.78 is 28.6. The highest BCUT2D eigenvalue weighted by Crippen LogP contribution is 2.19. The predicted molar refractivity (Wildman–Crippen MR) is 89.1 cm³/mol. The first kappa shape index (κ1) is 19.7. The zero-order chi connectivity index (χ0) is 16.2. The van der Waals surface area contributed by atoms with Crippen molar-refractivity contribution in [3.8, 4) is 5.75 Å².